The Morgan fingerprint density at radius 1 is 1.33 bits per heavy atom. The van der Waals surface area contributed by atoms with Gasteiger partial charge in [-0.25, -0.2) is 5.10 Å². The number of H-pyrrole nitrogens is 1. The van der Waals surface area contributed by atoms with Gasteiger partial charge in [0.25, 0.3) is 0 Å². The molecule has 0 amide bonds. The minimum absolute atomic E-state index is 0.528. The normalized spacial score (nSPS) is 11.0. The summed E-state index contributed by atoms with van der Waals surface area (Å²) in [5.74, 6) is 0.528. The molecule has 0 aliphatic heterocycles. The zero-order chi connectivity index (χ0) is 10.3. The fourth-order valence-corrected chi connectivity index (χ4v) is 1.52. The number of rotatable bonds is 1. The van der Waals surface area contributed by atoms with Gasteiger partial charge in [0.2, 0.25) is 5.95 Å². The largest absolute Gasteiger partial charge is 0.248 e. The lowest BCUT2D eigenvalue weighted by Crippen LogP contribution is -1.98. The van der Waals surface area contributed by atoms with Gasteiger partial charge in [0.1, 0.15) is 11.8 Å². The minimum Gasteiger partial charge on any atom is -0.244 e. The summed E-state index contributed by atoms with van der Waals surface area (Å²) >= 11 is 5.84. The van der Waals surface area contributed by atoms with E-state index >= 15 is 0 Å². The summed E-state index contributed by atoms with van der Waals surface area (Å²) in [6, 6.07) is 5.36. The lowest BCUT2D eigenvalue weighted by Gasteiger charge is -1.95. The van der Waals surface area contributed by atoms with Crippen LogP contribution in [-0.2, 0) is 0 Å². The summed E-state index contributed by atoms with van der Waals surface area (Å²) < 4.78 is 1.57. The van der Waals surface area contributed by atoms with Gasteiger partial charge in [0.05, 0.1) is 5.52 Å². The molecule has 0 radical (unpaired) electrons. The van der Waals surface area contributed by atoms with Crippen molar-refractivity contribution < 1.29 is 0 Å². The van der Waals surface area contributed by atoms with Crippen molar-refractivity contribution in [2.75, 3.05) is 0 Å². The highest BCUT2D eigenvalue weighted by Gasteiger charge is 2.08. The van der Waals surface area contributed by atoms with Crippen LogP contribution < -0.4 is 0 Å². The number of hydrogen-bond donors (Lipinski definition) is 1. The van der Waals surface area contributed by atoms with Crippen LogP contribution in [0.1, 0.15) is 0 Å². The van der Waals surface area contributed by atoms with Crippen LogP contribution in [-0.4, -0.2) is 30.2 Å². The molecule has 0 aliphatic carbocycles. The molecule has 6 nitrogen and oxygen atoms in total. The highest BCUT2D eigenvalue weighted by atomic mass is 35.5. The molecule has 74 valence electrons. The third kappa shape index (κ3) is 1.26. The molecule has 0 aliphatic rings. The van der Waals surface area contributed by atoms with Gasteiger partial charge in [-0.05, 0) is 18.2 Å². The monoisotopic (exact) mass is 220 g/mol. The van der Waals surface area contributed by atoms with Crippen LogP contribution in [0.3, 0.4) is 0 Å². The van der Waals surface area contributed by atoms with E-state index in [1.807, 2.05) is 6.07 Å². The van der Waals surface area contributed by atoms with Crippen molar-refractivity contribution in [2.24, 2.45) is 0 Å². The summed E-state index contributed by atoms with van der Waals surface area (Å²) in [5.41, 5.74) is 1.55. The molecule has 7 heteroatoms. The molecule has 3 aromatic rings. The topological polar surface area (TPSA) is 72.3 Å². The first kappa shape index (κ1) is 8.37. The van der Waals surface area contributed by atoms with Gasteiger partial charge in [0.15, 0.2) is 0 Å². The summed E-state index contributed by atoms with van der Waals surface area (Å²) in [4.78, 5) is 3.99. The fourth-order valence-electron chi connectivity index (χ4n) is 1.35. The zero-order valence-electron chi connectivity index (χ0n) is 7.42. The lowest BCUT2D eigenvalue weighted by molar-refractivity contribution is 0.778. The molecule has 0 spiro atoms. The second-order valence-corrected chi connectivity index (χ2v) is 3.38. The molecule has 2 heterocycles. The Bertz CT molecular complexity index is 599. The molecule has 1 N–H and O–H groups in total. The Hall–Kier alpha value is -1.95. The number of halogens is 1. The van der Waals surface area contributed by atoms with Gasteiger partial charge < -0.3 is 0 Å². The Labute approximate surface area is 88.9 Å². The van der Waals surface area contributed by atoms with Crippen LogP contribution in [0.15, 0.2) is 24.5 Å². The smallest absolute Gasteiger partial charge is 0.244 e. The van der Waals surface area contributed by atoms with Gasteiger partial charge >= 0.3 is 0 Å². The maximum Gasteiger partial charge on any atom is 0.248 e. The minimum atomic E-state index is 0.528. The van der Waals surface area contributed by atoms with Crippen molar-refractivity contribution in [3.05, 3.63) is 29.5 Å². The molecular formula is C8H5ClN6. The first-order chi connectivity index (χ1) is 7.34. The van der Waals surface area contributed by atoms with Crippen LogP contribution in [0.2, 0.25) is 5.02 Å². The van der Waals surface area contributed by atoms with Crippen LogP contribution in [0.5, 0.6) is 0 Å². The Morgan fingerprint density at radius 3 is 3.07 bits per heavy atom. The van der Waals surface area contributed by atoms with Crippen molar-refractivity contribution in [3.63, 3.8) is 0 Å². The van der Waals surface area contributed by atoms with E-state index in [-0.39, 0.29) is 0 Å². The van der Waals surface area contributed by atoms with Gasteiger partial charge in [-0.2, -0.15) is 14.8 Å². The molecular weight excluding hydrogens is 216 g/mol. The van der Waals surface area contributed by atoms with Gasteiger partial charge in [-0.1, -0.05) is 16.8 Å². The third-order valence-corrected chi connectivity index (χ3v) is 2.25. The van der Waals surface area contributed by atoms with Crippen LogP contribution in [0.25, 0.3) is 17.0 Å². The Balaban J connectivity index is 2.29. The van der Waals surface area contributed by atoms with Gasteiger partial charge in [-0.15, -0.1) is 5.10 Å². The van der Waals surface area contributed by atoms with E-state index in [4.69, 9.17) is 11.6 Å². The summed E-state index contributed by atoms with van der Waals surface area (Å²) in [6.07, 6.45) is 1.42. The number of nitrogens with one attached hydrogen (secondary N) is 1. The SMILES string of the molecule is Clc1ccc2c(c1)nnn2-c1ncn[nH]1. The highest BCUT2D eigenvalue weighted by Crippen LogP contribution is 2.18. The first-order valence-electron chi connectivity index (χ1n) is 4.21. The Kier molecular flexibility index (Phi) is 1.69. The first-order valence-corrected chi connectivity index (χ1v) is 4.59. The molecule has 0 atom stereocenters. The van der Waals surface area contributed by atoms with E-state index in [1.165, 1.54) is 6.33 Å². The number of fused-ring (bicyclic) bond motifs is 1. The average molecular weight is 221 g/mol. The Morgan fingerprint density at radius 2 is 2.27 bits per heavy atom. The molecule has 0 unspecified atom stereocenters. The van der Waals surface area contributed by atoms with Gasteiger partial charge in [-0.3, -0.25) is 0 Å². The molecule has 0 saturated heterocycles. The number of aromatic amines is 1. The molecule has 3 rings (SSSR count). The molecule has 1 aromatic carbocycles. The fraction of sp³-hybridized carbons (Fsp3) is 0. The van der Waals surface area contributed by atoms with E-state index in [0.29, 0.717) is 11.0 Å². The molecule has 0 bridgehead atoms. The molecule has 0 fully saturated rings. The van der Waals surface area contributed by atoms with Crippen molar-refractivity contribution in [1.82, 2.24) is 30.2 Å². The van der Waals surface area contributed by atoms with Crippen LogP contribution in [0.4, 0.5) is 0 Å². The summed E-state index contributed by atoms with van der Waals surface area (Å²) in [6.45, 7) is 0. The van der Waals surface area contributed by atoms with E-state index in [9.17, 15) is 0 Å². The predicted molar refractivity (Wildman–Crippen MR) is 53.8 cm³/mol. The maximum absolute atomic E-state index is 5.84. The molecule has 15 heavy (non-hydrogen) atoms. The predicted octanol–water partition coefficient (Wildman–Crippen LogP) is 1.19. The second-order valence-electron chi connectivity index (χ2n) is 2.94. The quantitative estimate of drug-likeness (QED) is 0.669. The number of nitrogens with zero attached hydrogens (tertiary/aromatic N) is 5. The maximum atomic E-state index is 5.84. The lowest BCUT2D eigenvalue weighted by atomic mass is 10.3. The van der Waals surface area contributed by atoms with Crippen molar-refractivity contribution in [3.8, 4) is 5.95 Å². The average Bonchev–Trinajstić information content (AvgIpc) is 2.82. The number of benzene rings is 1. The van der Waals surface area contributed by atoms with E-state index in [1.54, 1.807) is 16.8 Å². The summed E-state index contributed by atoms with van der Waals surface area (Å²) in [7, 11) is 0. The molecule has 0 saturated carbocycles. The molecule has 2 aromatic heterocycles. The standard InChI is InChI=1S/C8H5ClN6/c9-5-1-2-7-6(3-5)12-14-15(7)8-10-4-11-13-8/h1-4H,(H,10,11,13). The van der Waals surface area contributed by atoms with E-state index in [2.05, 4.69) is 25.5 Å². The van der Waals surface area contributed by atoms with Crippen LogP contribution in [0, 0.1) is 0 Å². The van der Waals surface area contributed by atoms with Crippen molar-refractivity contribution >= 4 is 22.6 Å². The van der Waals surface area contributed by atoms with Gasteiger partial charge in [0, 0.05) is 5.02 Å². The van der Waals surface area contributed by atoms with Crippen molar-refractivity contribution in [1.29, 1.82) is 0 Å². The number of aromatic nitrogens is 6. The van der Waals surface area contributed by atoms with Crippen LogP contribution >= 0.6 is 11.6 Å². The highest BCUT2D eigenvalue weighted by molar-refractivity contribution is 6.31. The zero-order valence-corrected chi connectivity index (χ0v) is 8.18. The third-order valence-electron chi connectivity index (χ3n) is 2.01. The van der Waals surface area contributed by atoms with Crippen molar-refractivity contribution in [2.45, 2.75) is 0 Å². The van der Waals surface area contributed by atoms with E-state index < -0.39 is 0 Å². The number of hydrogen-bond acceptors (Lipinski definition) is 4. The summed E-state index contributed by atoms with van der Waals surface area (Å²) in [5, 5.41) is 15.0. The second kappa shape index (κ2) is 3.03. The van der Waals surface area contributed by atoms with E-state index in [0.717, 1.165) is 11.0 Å².